The molecule has 0 radical (unpaired) electrons. The zero-order valence-electron chi connectivity index (χ0n) is 17.2. The lowest BCUT2D eigenvalue weighted by Crippen LogP contribution is -2.40. The Labute approximate surface area is 200 Å². The van der Waals surface area contributed by atoms with Crippen LogP contribution in [0.4, 0.5) is 0 Å². The largest absolute Gasteiger partial charge is 0.271 e. The van der Waals surface area contributed by atoms with Gasteiger partial charge in [-0.2, -0.15) is 5.10 Å². The molecule has 8 heteroatoms. The van der Waals surface area contributed by atoms with Gasteiger partial charge in [-0.3, -0.25) is 20.4 Å². The number of carbonyl (C=O) groups is 2. The summed E-state index contributed by atoms with van der Waals surface area (Å²) in [4.78, 5) is 24.6. The van der Waals surface area contributed by atoms with Crippen LogP contribution in [0.5, 0.6) is 0 Å². The molecule has 1 aromatic heterocycles. The first kappa shape index (κ1) is 22.3. The van der Waals surface area contributed by atoms with Gasteiger partial charge < -0.3 is 0 Å². The van der Waals surface area contributed by atoms with Gasteiger partial charge in [0.2, 0.25) is 0 Å². The third kappa shape index (κ3) is 5.49. The number of benzene rings is 3. The van der Waals surface area contributed by atoms with Crippen LogP contribution in [0.1, 0.15) is 15.9 Å². The Hall–Kier alpha value is -3.87. The third-order valence-electron chi connectivity index (χ3n) is 4.70. The van der Waals surface area contributed by atoms with Crippen LogP contribution in [0.25, 0.3) is 23.0 Å². The minimum Gasteiger partial charge on any atom is -0.268 e. The molecule has 2 N–H and O–H groups in total. The van der Waals surface area contributed by atoms with Gasteiger partial charge in [0.05, 0.1) is 22.0 Å². The van der Waals surface area contributed by atoms with Gasteiger partial charge in [0.1, 0.15) is 0 Å². The van der Waals surface area contributed by atoms with Crippen molar-refractivity contribution in [3.63, 3.8) is 0 Å². The average Bonchev–Trinajstić information content (AvgIpc) is 3.27. The Kier molecular flexibility index (Phi) is 6.88. The van der Waals surface area contributed by atoms with E-state index in [0.29, 0.717) is 5.02 Å². The molecule has 3 aromatic carbocycles. The Morgan fingerprint density at radius 3 is 2.27 bits per heavy atom. The van der Waals surface area contributed by atoms with Gasteiger partial charge in [-0.15, -0.1) is 0 Å². The van der Waals surface area contributed by atoms with Crippen LogP contribution in [0, 0.1) is 0 Å². The Bertz CT molecular complexity index is 1320. The molecule has 0 saturated carbocycles. The highest BCUT2D eigenvalue weighted by molar-refractivity contribution is 6.36. The lowest BCUT2D eigenvalue weighted by Gasteiger charge is -2.07. The number of aromatic nitrogens is 2. The first-order chi connectivity index (χ1) is 16.0. The maximum atomic E-state index is 12.3. The van der Waals surface area contributed by atoms with E-state index in [4.69, 9.17) is 28.3 Å². The van der Waals surface area contributed by atoms with E-state index in [-0.39, 0.29) is 10.6 Å². The molecule has 0 aliphatic rings. The zero-order chi connectivity index (χ0) is 23.2. The van der Waals surface area contributed by atoms with Crippen molar-refractivity contribution < 1.29 is 9.59 Å². The van der Waals surface area contributed by atoms with Gasteiger partial charge in [-0.05, 0) is 36.4 Å². The quantitative estimate of drug-likeness (QED) is 0.302. The van der Waals surface area contributed by atoms with E-state index in [0.717, 1.165) is 22.5 Å². The van der Waals surface area contributed by atoms with Crippen molar-refractivity contribution in [1.29, 1.82) is 0 Å². The molecule has 0 atom stereocenters. The Morgan fingerprint density at radius 2 is 1.58 bits per heavy atom. The monoisotopic (exact) mass is 476 g/mol. The van der Waals surface area contributed by atoms with E-state index in [1.807, 2.05) is 66.9 Å². The lowest BCUT2D eigenvalue weighted by atomic mass is 10.1. The maximum absolute atomic E-state index is 12.3. The van der Waals surface area contributed by atoms with Crippen LogP contribution in [0.3, 0.4) is 0 Å². The number of rotatable bonds is 5. The minimum absolute atomic E-state index is 0.186. The molecule has 0 aliphatic carbocycles. The molecule has 1 heterocycles. The van der Waals surface area contributed by atoms with E-state index in [1.165, 1.54) is 18.2 Å². The maximum Gasteiger partial charge on any atom is 0.271 e. The van der Waals surface area contributed by atoms with Crippen LogP contribution in [-0.2, 0) is 4.79 Å². The van der Waals surface area contributed by atoms with Gasteiger partial charge in [0.25, 0.3) is 11.8 Å². The molecule has 4 aromatic rings. The molecule has 0 bridgehead atoms. The van der Waals surface area contributed by atoms with Crippen LogP contribution in [-0.4, -0.2) is 21.6 Å². The normalized spacial score (nSPS) is 10.8. The van der Waals surface area contributed by atoms with Crippen molar-refractivity contribution in [3.8, 4) is 16.9 Å². The van der Waals surface area contributed by atoms with Gasteiger partial charge >= 0.3 is 0 Å². The van der Waals surface area contributed by atoms with E-state index in [2.05, 4.69) is 10.9 Å². The molecule has 0 unspecified atom stereocenters. The van der Waals surface area contributed by atoms with Crippen LogP contribution in [0.2, 0.25) is 10.0 Å². The smallest absolute Gasteiger partial charge is 0.268 e. The van der Waals surface area contributed by atoms with Crippen molar-refractivity contribution >= 4 is 41.1 Å². The number of hydrogen-bond acceptors (Lipinski definition) is 3. The molecular weight excluding hydrogens is 459 g/mol. The number of hydrazine groups is 1. The minimum atomic E-state index is -0.555. The van der Waals surface area contributed by atoms with Gasteiger partial charge in [0.15, 0.2) is 0 Å². The number of amides is 2. The number of halogens is 2. The summed E-state index contributed by atoms with van der Waals surface area (Å²) in [6, 6.07) is 23.8. The van der Waals surface area contributed by atoms with Crippen molar-refractivity contribution in [2.75, 3.05) is 0 Å². The predicted molar refractivity (Wildman–Crippen MR) is 130 cm³/mol. The summed E-state index contributed by atoms with van der Waals surface area (Å²) < 4.78 is 1.75. The fourth-order valence-electron chi connectivity index (χ4n) is 3.11. The van der Waals surface area contributed by atoms with Crippen molar-refractivity contribution in [2.24, 2.45) is 0 Å². The topological polar surface area (TPSA) is 76.0 Å². The molecule has 0 saturated heterocycles. The number of nitrogens with one attached hydrogen (secondary N) is 2. The van der Waals surface area contributed by atoms with Gasteiger partial charge in [-0.1, -0.05) is 71.7 Å². The van der Waals surface area contributed by atoms with E-state index < -0.39 is 11.8 Å². The molecule has 2 amide bonds. The summed E-state index contributed by atoms with van der Waals surface area (Å²) in [5, 5.41) is 5.29. The average molecular weight is 477 g/mol. The van der Waals surface area contributed by atoms with Crippen molar-refractivity contribution in [3.05, 3.63) is 112 Å². The molecule has 6 nitrogen and oxygen atoms in total. The molecule has 33 heavy (non-hydrogen) atoms. The number of para-hydroxylation sites is 1. The van der Waals surface area contributed by atoms with Crippen LogP contribution in [0.15, 0.2) is 91.1 Å². The highest BCUT2D eigenvalue weighted by atomic mass is 35.5. The fraction of sp³-hybridized carbons (Fsp3) is 0. The zero-order valence-corrected chi connectivity index (χ0v) is 18.7. The molecule has 164 valence electrons. The van der Waals surface area contributed by atoms with E-state index in [9.17, 15) is 9.59 Å². The van der Waals surface area contributed by atoms with Gasteiger partial charge in [-0.25, -0.2) is 4.68 Å². The summed E-state index contributed by atoms with van der Waals surface area (Å²) in [5.74, 6) is -1.07. The van der Waals surface area contributed by atoms with Crippen molar-refractivity contribution in [2.45, 2.75) is 0 Å². The summed E-state index contributed by atoms with van der Waals surface area (Å²) in [7, 11) is 0. The number of nitrogens with zero attached hydrogens (tertiary/aromatic N) is 2. The van der Waals surface area contributed by atoms with Crippen molar-refractivity contribution in [1.82, 2.24) is 20.6 Å². The fourth-order valence-corrected chi connectivity index (χ4v) is 3.60. The highest BCUT2D eigenvalue weighted by Crippen LogP contribution is 2.25. The molecule has 0 fully saturated rings. The van der Waals surface area contributed by atoms with Crippen LogP contribution < -0.4 is 10.9 Å². The first-order valence-electron chi connectivity index (χ1n) is 9.95. The molecule has 0 spiro atoms. The second kappa shape index (κ2) is 10.2. The molecule has 4 rings (SSSR count). The third-order valence-corrected chi connectivity index (χ3v) is 5.25. The van der Waals surface area contributed by atoms with E-state index >= 15 is 0 Å². The standard InChI is InChI=1S/C25H18Cl2N4O2/c26-19-12-13-21(22(27)15-19)25(33)29-28-23(32)14-11-18-16-31(20-9-5-2-6-10-20)30-24(18)17-7-3-1-4-8-17/h1-16H,(H,28,32)(H,29,33)/b14-11+. The molecular formula is C25H18Cl2N4O2. The second-order valence-electron chi connectivity index (χ2n) is 6.98. The number of carbonyl (C=O) groups excluding carboxylic acids is 2. The Morgan fingerprint density at radius 1 is 0.879 bits per heavy atom. The summed E-state index contributed by atoms with van der Waals surface area (Å²) in [6.45, 7) is 0. The second-order valence-corrected chi connectivity index (χ2v) is 7.82. The Balaban J connectivity index is 1.51. The number of hydrogen-bond donors (Lipinski definition) is 2. The van der Waals surface area contributed by atoms with Gasteiger partial charge in [0, 0.05) is 28.4 Å². The highest BCUT2D eigenvalue weighted by Gasteiger charge is 2.12. The van der Waals surface area contributed by atoms with E-state index in [1.54, 1.807) is 16.8 Å². The predicted octanol–water partition coefficient (Wildman–Crippen LogP) is 5.32. The summed E-state index contributed by atoms with van der Waals surface area (Å²) in [5.41, 5.74) is 8.15. The lowest BCUT2D eigenvalue weighted by molar-refractivity contribution is -0.117. The summed E-state index contributed by atoms with van der Waals surface area (Å²) in [6.07, 6.45) is 4.81. The SMILES string of the molecule is O=C(/C=C/c1cn(-c2ccccc2)nc1-c1ccccc1)NNC(=O)c1ccc(Cl)cc1Cl. The first-order valence-corrected chi connectivity index (χ1v) is 10.7. The van der Waals surface area contributed by atoms with Crippen LogP contribution >= 0.6 is 23.2 Å². The molecule has 0 aliphatic heterocycles. The summed E-state index contributed by atoms with van der Waals surface area (Å²) >= 11 is 11.9.